The van der Waals surface area contributed by atoms with Crippen LogP contribution < -0.4 is 4.90 Å². The molecule has 0 aromatic carbocycles. The summed E-state index contributed by atoms with van der Waals surface area (Å²) in [5.41, 5.74) is 0.706. The Morgan fingerprint density at radius 3 is 2.54 bits per heavy atom. The second-order valence-electron chi connectivity index (χ2n) is 6.90. The first-order chi connectivity index (χ1) is 11.3. The molecular weight excluding hydrogens is 344 g/mol. The Morgan fingerprint density at radius 2 is 1.92 bits per heavy atom. The van der Waals surface area contributed by atoms with Gasteiger partial charge in [-0.1, -0.05) is 43.7 Å². The summed E-state index contributed by atoms with van der Waals surface area (Å²) in [4.78, 5) is 26.2. The molecule has 0 unspecified atom stereocenters. The van der Waals surface area contributed by atoms with E-state index in [1.165, 1.54) is 0 Å². The van der Waals surface area contributed by atoms with Crippen LogP contribution >= 0.6 is 22.9 Å². The zero-order valence-corrected chi connectivity index (χ0v) is 15.7. The second-order valence-corrected chi connectivity index (χ2v) is 8.30. The summed E-state index contributed by atoms with van der Waals surface area (Å²) in [6, 6.07) is 3.78. The maximum absolute atomic E-state index is 12.4. The molecule has 0 spiro atoms. The van der Waals surface area contributed by atoms with E-state index in [4.69, 9.17) is 11.6 Å². The van der Waals surface area contributed by atoms with Crippen LogP contribution in [0.25, 0.3) is 10.4 Å². The number of aromatic nitrogens is 2. The predicted molar refractivity (Wildman–Crippen MR) is 98.6 cm³/mol. The molecule has 1 amide bonds. The minimum absolute atomic E-state index is 0.216. The SMILES string of the molecule is CC(C)(C)C(=O)N1CCN(c2ncc(-c3ccnc(Cl)c3)s2)CC1. The molecule has 0 radical (unpaired) electrons. The Bertz CT molecular complexity index is 732. The number of amides is 1. The number of halogens is 1. The van der Waals surface area contributed by atoms with Gasteiger partial charge in [0, 0.05) is 44.0 Å². The van der Waals surface area contributed by atoms with Crippen LogP contribution in [0.2, 0.25) is 5.15 Å². The quantitative estimate of drug-likeness (QED) is 0.764. The van der Waals surface area contributed by atoms with Gasteiger partial charge in [-0.2, -0.15) is 0 Å². The zero-order valence-electron chi connectivity index (χ0n) is 14.1. The minimum Gasteiger partial charge on any atom is -0.345 e. The van der Waals surface area contributed by atoms with Crippen molar-refractivity contribution >= 4 is 34.0 Å². The van der Waals surface area contributed by atoms with Crippen LogP contribution in [-0.2, 0) is 4.79 Å². The molecule has 0 aliphatic carbocycles. The molecule has 2 aromatic rings. The number of pyridine rings is 1. The lowest BCUT2D eigenvalue weighted by molar-refractivity contribution is -0.139. The molecular formula is C17H21ClN4OS. The van der Waals surface area contributed by atoms with Crippen molar-refractivity contribution in [3.63, 3.8) is 0 Å². The predicted octanol–water partition coefficient (Wildman–Crippen LogP) is 3.55. The molecule has 0 atom stereocenters. The number of anilines is 1. The van der Waals surface area contributed by atoms with Crippen molar-refractivity contribution in [2.24, 2.45) is 5.41 Å². The largest absolute Gasteiger partial charge is 0.345 e. The van der Waals surface area contributed by atoms with Crippen LogP contribution in [0.5, 0.6) is 0 Å². The summed E-state index contributed by atoms with van der Waals surface area (Å²) in [7, 11) is 0. The third-order valence-corrected chi connectivity index (χ3v) is 5.30. The molecule has 0 bridgehead atoms. The fourth-order valence-corrected chi connectivity index (χ4v) is 3.81. The first-order valence-electron chi connectivity index (χ1n) is 7.97. The third kappa shape index (κ3) is 3.70. The van der Waals surface area contributed by atoms with Gasteiger partial charge in [-0.25, -0.2) is 9.97 Å². The van der Waals surface area contributed by atoms with Crippen molar-refractivity contribution in [3.8, 4) is 10.4 Å². The lowest BCUT2D eigenvalue weighted by Crippen LogP contribution is -2.51. The molecule has 0 saturated carbocycles. The number of piperazine rings is 1. The summed E-state index contributed by atoms with van der Waals surface area (Å²) < 4.78 is 0. The van der Waals surface area contributed by atoms with Gasteiger partial charge in [-0.15, -0.1) is 0 Å². The van der Waals surface area contributed by atoms with Crippen molar-refractivity contribution in [1.29, 1.82) is 0 Å². The molecule has 128 valence electrons. The summed E-state index contributed by atoms with van der Waals surface area (Å²) in [6.07, 6.45) is 3.58. The number of hydrogen-bond donors (Lipinski definition) is 0. The highest BCUT2D eigenvalue weighted by molar-refractivity contribution is 7.18. The van der Waals surface area contributed by atoms with Gasteiger partial charge in [0.15, 0.2) is 5.13 Å². The monoisotopic (exact) mass is 364 g/mol. The van der Waals surface area contributed by atoms with Crippen molar-refractivity contribution < 1.29 is 4.79 Å². The topological polar surface area (TPSA) is 49.3 Å². The minimum atomic E-state index is -0.322. The van der Waals surface area contributed by atoms with Gasteiger partial charge < -0.3 is 9.80 Å². The fraction of sp³-hybridized carbons (Fsp3) is 0.471. The van der Waals surface area contributed by atoms with Gasteiger partial charge in [0.1, 0.15) is 5.15 Å². The van der Waals surface area contributed by atoms with Crippen LogP contribution in [0.4, 0.5) is 5.13 Å². The molecule has 0 N–H and O–H groups in total. The number of hydrogen-bond acceptors (Lipinski definition) is 5. The van der Waals surface area contributed by atoms with Crippen molar-refractivity contribution in [3.05, 3.63) is 29.7 Å². The second kappa shape index (κ2) is 6.69. The Balaban J connectivity index is 1.67. The van der Waals surface area contributed by atoms with E-state index < -0.39 is 0 Å². The van der Waals surface area contributed by atoms with Gasteiger partial charge in [0.2, 0.25) is 5.91 Å². The highest BCUT2D eigenvalue weighted by atomic mass is 35.5. The normalized spacial score (nSPS) is 15.7. The van der Waals surface area contributed by atoms with Gasteiger partial charge in [-0.3, -0.25) is 4.79 Å². The average Bonchev–Trinajstić information content (AvgIpc) is 3.03. The zero-order chi connectivity index (χ0) is 17.3. The average molecular weight is 365 g/mol. The van der Waals surface area contributed by atoms with Gasteiger partial charge >= 0.3 is 0 Å². The van der Waals surface area contributed by atoms with E-state index in [9.17, 15) is 4.79 Å². The highest BCUT2D eigenvalue weighted by Gasteiger charge is 2.30. The van der Waals surface area contributed by atoms with Crippen LogP contribution in [0.15, 0.2) is 24.5 Å². The van der Waals surface area contributed by atoms with Gasteiger partial charge in [0.05, 0.1) is 4.88 Å². The highest BCUT2D eigenvalue weighted by Crippen LogP contribution is 2.32. The summed E-state index contributed by atoms with van der Waals surface area (Å²) in [5.74, 6) is 0.216. The molecule has 24 heavy (non-hydrogen) atoms. The molecule has 1 aliphatic rings. The number of thiazole rings is 1. The Kier molecular flexibility index (Phi) is 4.78. The Labute approximate surface area is 151 Å². The van der Waals surface area contributed by atoms with E-state index in [1.54, 1.807) is 17.5 Å². The lowest BCUT2D eigenvalue weighted by atomic mass is 9.94. The van der Waals surface area contributed by atoms with E-state index in [0.717, 1.165) is 41.8 Å². The van der Waals surface area contributed by atoms with Crippen LogP contribution in [0, 0.1) is 5.41 Å². The lowest BCUT2D eigenvalue weighted by Gasteiger charge is -2.37. The van der Waals surface area contributed by atoms with E-state index in [2.05, 4.69) is 14.9 Å². The molecule has 5 nitrogen and oxygen atoms in total. The van der Waals surface area contributed by atoms with Gasteiger partial charge in [0.25, 0.3) is 0 Å². The van der Waals surface area contributed by atoms with Gasteiger partial charge in [-0.05, 0) is 17.7 Å². The van der Waals surface area contributed by atoms with E-state index in [-0.39, 0.29) is 11.3 Å². The number of rotatable bonds is 2. The summed E-state index contributed by atoms with van der Waals surface area (Å²) in [6.45, 7) is 9.01. The van der Waals surface area contributed by atoms with Crippen molar-refractivity contribution in [2.45, 2.75) is 20.8 Å². The molecule has 1 aliphatic heterocycles. The van der Waals surface area contributed by atoms with E-state index in [1.807, 2.05) is 44.0 Å². The maximum atomic E-state index is 12.4. The molecule has 2 aromatic heterocycles. The summed E-state index contributed by atoms with van der Waals surface area (Å²) in [5, 5.41) is 1.47. The van der Waals surface area contributed by atoms with E-state index >= 15 is 0 Å². The van der Waals surface area contributed by atoms with Crippen LogP contribution in [-0.4, -0.2) is 47.0 Å². The first kappa shape index (κ1) is 17.2. The molecule has 3 heterocycles. The molecule has 1 fully saturated rings. The molecule has 1 saturated heterocycles. The van der Waals surface area contributed by atoms with Crippen molar-refractivity contribution in [2.75, 3.05) is 31.1 Å². The Hall–Kier alpha value is -1.66. The van der Waals surface area contributed by atoms with Crippen molar-refractivity contribution in [1.82, 2.24) is 14.9 Å². The Morgan fingerprint density at radius 1 is 1.21 bits per heavy atom. The first-order valence-corrected chi connectivity index (χ1v) is 9.16. The number of nitrogens with zero attached hydrogens (tertiary/aromatic N) is 4. The van der Waals surface area contributed by atoms with Crippen LogP contribution in [0.1, 0.15) is 20.8 Å². The smallest absolute Gasteiger partial charge is 0.228 e. The van der Waals surface area contributed by atoms with Crippen LogP contribution in [0.3, 0.4) is 0 Å². The summed E-state index contributed by atoms with van der Waals surface area (Å²) >= 11 is 7.60. The molecule has 7 heteroatoms. The third-order valence-electron chi connectivity index (χ3n) is 3.98. The number of carbonyl (C=O) groups is 1. The molecule has 3 rings (SSSR count). The maximum Gasteiger partial charge on any atom is 0.228 e. The van der Waals surface area contributed by atoms with E-state index in [0.29, 0.717) is 5.15 Å². The fourth-order valence-electron chi connectivity index (χ4n) is 2.68. The number of carbonyl (C=O) groups excluding carboxylic acids is 1. The standard InChI is InChI=1S/C17H21ClN4OS/c1-17(2,3)15(23)21-6-8-22(9-7-21)16-20-11-13(24-16)12-4-5-19-14(18)10-12/h4-5,10-11H,6-9H2,1-3H3.